The van der Waals surface area contributed by atoms with E-state index in [1.807, 2.05) is 6.07 Å². The van der Waals surface area contributed by atoms with E-state index in [1.54, 1.807) is 7.05 Å². The molecule has 0 fully saturated rings. The first-order chi connectivity index (χ1) is 7.56. The highest BCUT2D eigenvalue weighted by atomic mass is 79.9. The van der Waals surface area contributed by atoms with Crippen LogP contribution in [0.5, 0.6) is 0 Å². The molecule has 0 spiro atoms. The van der Waals surface area contributed by atoms with Crippen molar-refractivity contribution in [3.8, 4) is 6.07 Å². The Morgan fingerprint density at radius 1 is 1.62 bits per heavy atom. The summed E-state index contributed by atoms with van der Waals surface area (Å²) in [5.41, 5.74) is 0.397. The summed E-state index contributed by atoms with van der Waals surface area (Å²) in [6, 6.07) is 6.05. The molecule has 0 aliphatic heterocycles. The first-order valence-corrected chi connectivity index (χ1v) is 5.43. The van der Waals surface area contributed by atoms with Gasteiger partial charge in [-0.2, -0.15) is 5.26 Å². The molecule has 3 nitrogen and oxygen atoms in total. The molecule has 1 rings (SSSR count). The van der Waals surface area contributed by atoms with Crippen LogP contribution >= 0.6 is 15.9 Å². The zero-order chi connectivity index (χ0) is 12.1. The zero-order valence-electron chi connectivity index (χ0n) is 8.70. The van der Waals surface area contributed by atoms with Gasteiger partial charge >= 0.3 is 0 Å². The fraction of sp³-hybridized carbons (Fsp3) is 0.273. The lowest BCUT2D eigenvalue weighted by Gasteiger charge is -2.15. The number of nitrogens with zero attached hydrogens (tertiary/aromatic N) is 2. The highest BCUT2D eigenvalue weighted by Gasteiger charge is 2.12. The molecule has 0 unspecified atom stereocenters. The Hall–Kier alpha value is -1.41. The second-order valence-electron chi connectivity index (χ2n) is 3.26. The molecule has 1 aromatic carbocycles. The van der Waals surface area contributed by atoms with E-state index in [1.165, 1.54) is 23.1 Å². The van der Waals surface area contributed by atoms with E-state index in [4.69, 9.17) is 5.26 Å². The van der Waals surface area contributed by atoms with Crippen LogP contribution in [0.4, 0.5) is 4.39 Å². The van der Waals surface area contributed by atoms with Gasteiger partial charge in [-0.25, -0.2) is 4.39 Å². The fourth-order valence-corrected chi connectivity index (χ4v) is 1.55. The first-order valence-electron chi connectivity index (χ1n) is 4.63. The molecule has 0 N–H and O–H groups in total. The van der Waals surface area contributed by atoms with Crippen LogP contribution in [0.2, 0.25) is 0 Å². The van der Waals surface area contributed by atoms with Gasteiger partial charge in [-0.05, 0) is 34.1 Å². The monoisotopic (exact) mass is 284 g/mol. The van der Waals surface area contributed by atoms with Crippen LogP contribution in [-0.2, 0) is 0 Å². The van der Waals surface area contributed by atoms with Crippen molar-refractivity contribution in [2.24, 2.45) is 0 Å². The number of benzene rings is 1. The summed E-state index contributed by atoms with van der Waals surface area (Å²) in [6.45, 7) is 0.365. The second-order valence-corrected chi connectivity index (χ2v) is 4.12. The van der Waals surface area contributed by atoms with Gasteiger partial charge in [0.25, 0.3) is 5.91 Å². The number of nitriles is 1. The van der Waals surface area contributed by atoms with Crippen molar-refractivity contribution in [1.29, 1.82) is 5.26 Å². The van der Waals surface area contributed by atoms with Gasteiger partial charge in [0.05, 0.1) is 17.0 Å². The molecular weight excluding hydrogens is 275 g/mol. The third-order valence-corrected chi connectivity index (χ3v) is 2.68. The summed E-state index contributed by atoms with van der Waals surface area (Å²) >= 11 is 3.02. The zero-order valence-corrected chi connectivity index (χ0v) is 10.3. The maximum Gasteiger partial charge on any atom is 0.253 e. The number of hydrogen-bond acceptors (Lipinski definition) is 2. The summed E-state index contributed by atoms with van der Waals surface area (Å²) in [4.78, 5) is 13.2. The van der Waals surface area contributed by atoms with Crippen LogP contribution in [0.25, 0.3) is 0 Å². The molecule has 0 heterocycles. The highest BCUT2D eigenvalue weighted by Crippen LogP contribution is 2.17. The van der Waals surface area contributed by atoms with Gasteiger partial charge in [0.15, 0.2) is 0 Å². The molecule has 0 radical (unpaired) electrons. The van der Waals surface area contributed by atoms with E-state index in [9.17, 15) is 9.18 Å². The largest absolute Gasteiger partial charge is 0.341 e. The van der Waals surface area contributed by atoms with Crippen molar-refractivity contribution in [1.82, 2.24) is 4.90 Å². The van der Waals surface area contributed by atoms with Crippen LogP contribution in [0.1, 0.15) is 16.8 Å². The summed E-state index contributed by atoms with van der Waals surface area (Å²) in [7, 11) is 1.61. The number of hydrogen-bond donors (Lipinski definition) is 0. The lowest BCUT2D eigenvalue weighted by atomic mass is 10.2. The Kier molecular flexibility index (Phi) is 4.44. The van der Waals surface area contributed by atoms with Crippen molar-refractivity contribution in [3.63, 3.8) is 0 Å². The third-order valence-electron chi connectivity index (χ3n) is 2.07. The van der Waals surface area contributed by atoms with Crippen LogP contribution in [0, 0.1) is 17.1 Å². The summed E-state index contributed by atoms with van der Waals surface area (Å²) in [5, 5.41) is 8.40. The Bertz CT molecular complexity index is 442. The van der Waals surface area contributed by atoms with Gasteiger partial charge in [0, 0.05) is 19.2 Å². The van der Waals surface area contributed by atoms with Crippen molar-refractivity contribution < 1.29 is 9.18 Å². The Morgan fingerprint density at radius 2 is 2.31 bits per heavy atom. The predicted octanol–water partition coefficient (Wildman–Crippen LogP) is 2.57. The van der Waals surface area contributed by atoms with Crippen LogP contribution in [0.15, 0.2) is 22.7 Å². The summed E-state index contributed by atoms with van der Waals surface area (Å²) in [6.07, 6.45) is 0.282. The molecule has 0 bridgehead atoms. The number of carbonyl (C=O) groups is 1. The number of amides is 1. The minimum Gasteiger partial charge on any atom is -0.341 e. The van der Waals surface area contributed by atoms with E-state index in [0.29, 0.717) is 12.1 Å². The molecule has 84 valence electrons. The third kappa shape index (κ3) is 3.04. The molecule has 0 saturated heterocycles. The van der Waals surface area contributed by atoms with Crippen molar-refractivity contribution in [2.75, 3.05) is 13.6 Å². The van der Waals surface area contributed by atoms with Crippen LogP contribution in [-0.4, -0.2) is 24.4 Å². The molecule has 0 aliphatic carbocycles. The smallest absolute Gasteiger partial charge is 0.253 e. The molecule has 0 saturated carbocycles. The molecular formula is C11H10BrFN2O. The van der Waals surface area contributed by atoms with Crippen molar-refractivity contribution >= 4 is 21.8 Å². The minimum atomic E-state index is -0.406. The van der Waals surface area contributed by atoms with Gasteiger partial charge in [-0.3, -0.25) is 4.79 Å². The Balaban J connectivity index is 2.80. The van der Waals surface area contributed by atoms with E-state index >= 15 is 0 Å². The molecule has 1 amide bonds. The van der Waals surface area contributed by atoms with Gasteiger partial charge in [0.1, 0.15) is 5.82 Å². The summed E-state index contributed by atoms with van der Waals surface area (Å²) in [5.74, 6) is -0.632. The molecule has 1 aromatic rings. The normalized spacial score (nSPS) is 9.62. The second kappa shape index (κ2) is 5.61. The SMILES string of the molecule is CN(CCC#N)C(=O)c1ccc(F)c(Br)c1. The lowest BCUT2D eigenvalue weighted by Crippen LogP contribution is -2.27. The van der Waals surface area contributed by atoms with E-state index < -0.39 is 5.82 Å². The number of rotatable bonds is 3. The number of halogens is 2. The average molecular weight is 285 g/mol. The molecule has 0 atom stereocenters. The van der Waals surface area contributed by atoms with E-state index in [2.05, 4.69) is 15.9 Å². The molecule has 5 heteroatoms. The van der Waals surface area contributed by atoms with Gasteiger partial charge in [0.2, 0.25) is 0 Å². The van der Waals surface area contributed by atoms with Crippen LogP contribution < -0.4 is 0 Å². The van der Waals surface area contributed by atoms with Gasteiger partial charge in [-0.15, -0.1) is 0 Å². The van der Waals surface area contributed by atoms with Crippen molar-refractivity contribution in [2.45, 2.75) is 6.42 Å². The lowest BCUT2D eigenvalue weighted by molar-refractivity contribution is 0.0798. The quantitative estimate of drug-likeness (QED) is 0.856. The molecule has 0 aliphatic rings. The predicted molar refractivity (Wildman–Crippen MR) is 61.3 cm³/mol. The highest BCUT2D eigenvalue weighted by molar-refractivity contribution is 9.10. The average Bonchev–Trinajstić information content (AvgIpc) is 2.28. The summed E-state index contributed by atoms with van der Waals surface area (Å²) < 4.78 is 13.2. The Morgan fingerprint density at radius 3 is 2.88 bits per heavy atom. The minimum absolute atomic E-state index is 0.226. The van der Waals surface area contributed by atoms with E-state index in [0.717, 1.165) is 0 Å². The Labute approximate surface area is 102 Å². The van der Waals surface area contributed by atoms with Gasteiger partial charge in [-0.1, -0.05) is 0 Å². The maximum absolute atomic E-state index is 13.0. The van der Waals surface area contributed by atoms with E-state index in [-0.39, 0.29) is 16.8 Å². The van der Waals surface area contributed by atoms with Gasteiger partial charge < -0.3 is 4.90 Å². The standard InChI is InChI=1S/C11H10BrFN2O/c1-15(6-2-5-14)11(16)8-3-4-10(13)9(12)7-8/h3-4,7H,2,6H2,1H3. The van der Waals surface area contributed by atoms with Crippen LogP contribution in [0.3, 0.4) is 0 Å². The number of carbonyl (C=O) groups excluding carboxylic acids is 1. The topological polar surface area (TPSA) is 44.1 Å². The fourth-order valence-electron chi connectivity index (χ4n) is 1.17. The first kappa shape index (κ1) is 12.7. The molecule has 16 heavy (non-hydrogen) atoms. The molecule has 0 aromatic heterocycles. The maximum atomic E-state index is 13.0. The van der Waals surface area contributed by atoms with Crippen molar-refractivity contribution in [3.05, 3.63) is 34.1 Å².